The molecule has 1 aliphatic rings. The lowest BCUT2D eigenvalue weighted by atomic mass is 10.2. The van der Waals surface area contributed by atoms with Gasteiger partial charge in [0.2, 0.25) is 11.8 Å². The van der Waals surface area contributed by atoms with Crippen molar-refractivity contribution in [3.8, 4) is 5.75 Å². The summed E-state index contributed by atoms with van der Waals surface area (Å²) in [7, 11) is 0. The topological polar surface area (TPSA) is 114 Å². The van der Waals surface area contributed by atoms with Gasteiger partial charge in [0.25, 0.3) is 0 Å². The van der Waals surface area contributed by atoms with Crippen molar-refractivity contribution in [2.24, 2.45) is 5.73 Å². The van der Waals surface area contributed by atoms with Gasteiger partial charge in [0, 0.05) is 25.5 Å². The molecule has 144 valence electrons. The van der Waals surface area contributed by atoms with E-state index in [2.05, 4.69) is 15.0 Å². The minimum atomic E-state index is -0.662. The van der Waals surface area contributed by atoms with Crippen LogP contribution < -0.4 is 10.5 Å². The minimum Gasteiger partial charge on any atom is -0.487 e. The summed E-state index contributed by atoms with van der Waals surface area (Å²) in [6.07, 6.45) is 4.04. The smallest absolute Gasteiger partial charge is 0.240 e. The van der Waals surface area contributed by atoms with Gasteiger partial charge < -0.3 is 20.4 Å². The molecule has 3 aromatic rings. The molecule has 0 spiro atoms. The van der Waals surface area contributed by atoms with Crippen LogP contribution in [0.4, 0.5) is 0 Å². The van der Waals surface area contributed by atoms with Gasteiger partial charge >= 0.3 is 0 Å². The molecule has 28 heavy (non-hydrogen) atoms. The molecule has 4 rings (SSSR count). The van der Waals surface area contributed by atoms with E-state index in [1.54, 1.807) is 24.5 Å². The lowest BCUT2D eigenvalue weighted by molar-refractivity contribution is -0.137. The number of fused-ring (bicyclic) bond motifs is 1. The molecule has 8 heteroatoms. The number of primary amides is 1. The van der Waals surface area contributed by atoms with E-state index in [1.807, 2.05) is 24.3 Å². The van der Waals surface area contributed by atoms with Crippen LogP contribution in [0.5, 0.6) is 5.75 Å². The molecular weight excluding hydrogens is 358 g/mol. The fourth-order valence-electron chi connectivity index (χ4n) is 3.53. The lowest BCUT2D eigenvalue weighted by Gasteiger charge is -2.21. The maximum atomic E-state index is 12.8. The monoisotopic (exact) mass is 379 g/mol. The highest BCUT2D eigenvalue weighted by Crippen LogP contribution is 2.24. The zero-order valence-electron chi connectivity index (χ0n) is 15.2. The third-order valence-electron chi connectivity index (χ3n) is 4.86. The summed E-state index contributed by atoms with van der Waals surface area (Å²) in [5, 5.41) is 0. The van der Waals surface area contributed by atoms with Gasteiger partial charge in [-0.1, -0.05) is 12.1 Å². The van der Waals surface area contributed by atoms with Crippen LogP contribution in [-0.2, 0) is 16.0 Å². The number of carbonyl (C=O) groups excluding carboxylic acids is 2. The fraction of sp³-hybridized carbons (Fsp3) is 0.300. The number of rotatable bonds is 6. The van der Waals surface area contributed by atoms with Gasteiger partial charge in [0.15, 0.2) is 0 Å². The van der Waals surface area contributed by atoms with Gasteiger partial charge in [-0.05, 0) is 24.3 Å². The second kappa shape index (κ2) is 7.67. The highest BCUT2D eigenvalue weighted by atomic mass is 16.5. The number of nitrogens with two attached hydrogens (primary N) is 1. The zero-order chi connectivity index (χ0) is 19.5. The Kier molecular flexibility index (Phi) is 4.92. The van der Waals surface area contributed by atoms with Gasteiger partial charge in [0.1, 0.15) is 23.7 Å². The van der Waals surface area contributed by atoms with Crippen molar-refractivity contribution >= 4 is 22.8 Å². The molecule has 0 saturated carbocycles. The Labute approximate surface area is 161 Å². The van der Waals surface area contributed by atoms with E-state index < -0.39 is 11.9 Å². The van der Waals surface area contributed by atoms with Crippen LogP contribution in [0.3, 0.4) is 0 Å². The Morgan fingerprint density at radius 2 is 2.11 bits per heavy atom. The van der Waals surface area contributed by atoms with Gasteiger partial charge in [-0.25, -0.2) is 4.98 Å². The summed E-state index contributed by atoms with van der Waals surface area (Å²) in [6.45, 7) is 0.321. The van der Waals surface area contributed by atoms with Crippen molar-refractivity contribution in [3.63, 3.8) is 0 Å². The van der Waals surface area contributed by atoms with Crippen LogP contribution in [0.1, 0.15) is 18.7 Å². The average Bonchev–Trinajstić information content (AvgIpc) is 3.31. The second-order valence-corrected chi connectivity index (χ2v) is 6.83. The van der Waals surface area contributed by atoms with Crippen LogP contribution in [0.25, 0.3) is 11.0 Å². The molecular formula is C20H21N5O3. The first-order chi connectivity index (χ1) is 13.6. The number of pyridine rings is 1. The molecule has 1 saturated heterocycles. The maximum absolute atomic E-state index is 12.8. The van der Waals surface area contributed by atoms with E-state index >= 15 is 0 Å². The highest BCUT2D eigenvalue weighted by Gasteiger charge is 2.39. The van der Waals surface area contributed by atoms with Gasteiger partial charge in [-0.15, -0.1) is 0 Å². The number of aromatic nitrogens is 3. The Hall–Kier alpha value is -3.42. The average molecular weight is 379 g/mol. The number of hydrogen-bond donors (Lipinski definition) is 2. The van der Waals surface area contributed by atoms with Gasteiger partial charge in [0.05, 0.1) is 23.8 Å². The fourth-order valence-corrected chi connectivity index (χ4v) is 3.53. The number of aryl methyl sites for hydroxylation is 1. The summed E-state index contributed by atoms with van der Waals surface area (Å²) in [5.41, 5.74) is 7.32. The summed E-state index contributed by atoms with van der Waals surface area (Å²) in [4.78, 5) is 37.8. The van der Waals surface area contributed by atoms with E-state index in [1.165, 1.54) is 4.90 Å². The first-order valence-corrected chi connectivity index (χ1v) is 9.19. The Morgan fingerprint density at radius 3 is 2.86 bits per heavy atom. The molecule has 8 nitrogen and oxygen atoms in total. The van der Waals surface area contributed by atoms with Crippen LogP contribution in [0.15, 0.2) is 48.8 Å². The van der Waals surface area contributed by atoms with E-state index in [-0.39, 0.29) is 18.4 Å². The number of ether oxygens (including phenoxy) is 1. The third-order valence-corrected chi connectivity index (χ3v) is 4.86. The Bertz CT molecular complexity index is 955. The molecule has 0 aliphatic carbocycles. The van der Waals surface area contributed by atoms with Crippen molar-refractivity contribution in [2.45, 2.75) is 31.4 Å². The van der Waals surface area contributed by atoms with Crippen molar-refractivity contribution in [2.75, 3.05) is 6.54 Å². The summed E-state index contributed by atoms with van der Waals surface area (Å²) < 4.78 is 5.86. The Morgan fingerprint density at radius 1 is 1.25 bits per heavy atom. The molecule has 1 fully saturated rings. The van der Waals surface area contributed by atoms with E-state index in [0.717, 1.165) is 16.9 Å². The number of imidazole rings is 1. The van der Waals surface area contributed by atoms with Crippen LogP contribution in [0.2, 0.25) is 0 Å². The van der Waals surface area contributed by atoms with Crippen molar-refractivity contribution in [1.29, 1.82) is 0 Å². The number of H-pyrrole nitrogens is 1. The quantitative estimate of drug-likeness (QED) is 0.672. The number of nitrogens with one attached hydrogen (secondary N) is 1. The normalized spacial score (nSPS) is 19.1. The zero-order valence-corrected chi connectivity index (χ0v) is 15.2. The molecule has 3 heterocycles. The second-order valence-electron chi connectivity index (χ2n) is 6.83. The minimum absolute atomic E-state index is 0.137. The predicted octanol–water partition coefficient (Wildman–Crippen LogP) is 1.42. The molecule has 0 radical (unpaired) electrons. The van der Waals surface area contributed by atoms with Gasteiger partial charge in [-0.3, -0.25) is 14.6 Å². The Balaban J connectivity index is 1.40. The molecule has 0 bridgehead atoms. The number of carbonyl (C=O) groups is 2. The van der Waals surface area contributed by atoms with Crippen molar-refractivity contribution in [1.82, 2.24) is 19.9 Å². The predicted molar refractivity (Wildman–Crippen MR) is 102 cm³/mol. The summed E-state index contributed by atoms with van der Waals surface area (Å²) >= 11 is 0. The van der Waals surface area contributed by atoms with E-state index in [4.69, 9.17) is 10.5 Å². The lowest BCUT2D eigenvalue weighted by Crippen LogP contribution is -2.43. The molecule has 1 aliphatic heterocycles. The standard InChI is InChI=1S/C20H21N5O3/c21-20(27)17-10-14(28-13-4-3-9-22-11-13)12-25(17)19(26)8-7-18-23-15-5-1-2-6-16(15)24-18/h1-6,9,11,14,17H,7-8,10,12H2,(H2,21,27)(H,23,24)/t14-,17-/m0/s1. The first kappa shape index (κ1) is 18.0. The van der Waals surface area contributed by atoms with E-state index in [0.29, 0.717) is 25.1 Å². The van der Waals surface area contributed by atoms with E-state index in [9.17, 15) is 9.59 Å². The van der Waals surface area contributed by atoms with Crippen LogP contribution >= 0.6 is 0 Å². The molecule has 2 atom stereocenters. The number of para-hydroxylation sites is 2. The molecule has 3 N–H and O–H groups in total. The van der Waals surface area contributed by atoms with Crippen LogP contribution in [0, 0.1) is 0 Å². The van der Waals surface area contributed by atoms with Gasteiger partial charge in [-0.2, -0.15) is 0 Å². The van der Waals surface area contributed by atoms with Crippen molar-refractivity contribution < 1.29 is 14.3 Å². The summed E-state index contributed by atoms with van der Waals surface area (Å²) in [6, 6.07) is 10.6. The molecule has 1 aromatic carbocycles. The number of benzene rings is 1. The SMILES string of the molecule is NC(=O)[C@@H]1C[C@H](Oc2cccnc2)CN1C(=O)CCc1nc2ccccc2[nH]1. The largest absolute Gasteiger partial charge is 0.487 e. The first-order valence-electron chi connectivity index (χ1n) is 9.19. The number of amides is 2. The molecule has 0 unspecified atom stereocenters. The molecule has 2 aromatic heterocycles. The maximum Gasteiger partial charge on any atom is 0.240 e. The summed E-state index contributed by atoms with van der Waals surface area (Å²) in [5.74, 6) is 0.691. The number of hydrogen-bond acceptors (Lipinski definition) is 5. The number of nitrogens with zero attached hydrogens (tertiary/aromatic N) is 3. The number of aromatic amines is 1. The third kappa shape index (κ3) is 3.80. The van der Waals surface area contributed by atoms with Crippen LogP contribution in [-0.4, -0.2) is 50.4 Å². The highest BCUT2D eigenvalue weighted by molar-refractivity contribution is 5.87. The number of likely N-dealkylation sites (tertiary alicyclic amines) is 1. The molecule has 2 amide bonds. The van der Waals surface area contributed by atoms with Crippen molar-refractivity contribution in [3.05, 3.63) is 54.6 Å².